The van der Waals surface area contributed by atoms with E-state index in [2.05, 4.69) is 26.1 Å². The summed E-state index contributed by atoms with van der Waals surface area (Å²) in [6.45, 7) is 7.98. The Balaban J connectivity index is -0.000000142. The van der Waals surface area contributed by atoms with Crippen LogP contribution in [0.1, 0.15) is 27.7 Å². The van der Waals surface area contributed by atoms with Gasteiger partial charge in [-0.15, -0.1) is 0 Å². The molecular formula is C9H21NO3. The van der Waals surface area contributed by atoms with E-state index in [0.29, 0.717) is 6.29 Å². The number of rotatable bonds is 2. The Morgan fingerprint density at radius 2 is 1.69 bits per heavy atom. The van der Waals surface area contributed by atoms with E-state index in [-0.39, 0.29) is 12.5 Å². The molecule has 0 aliphatic rings. The maximum atomic E-state index is 9.93. The number of nitrogens with one attached hydrogen (secondary N) is 1. The van der Waals surface area contributed by atoms with Gasteiger partial charge >= 0.3 is 0 Å². The lowest BCUT2D eigenvalue weighted by Gasteiger charge is -1.88. The summed E-state index contributed by atoms with van der Waals surface area (Å²) in [7, 11) is 1.00. The van der Waals surface area contributed by atoms with Gasteiger partial charge in [-0.2, -0.15) is 0 Å². The van der Waals surface area contributed by atoms with Gasteiger partial charge in [-0.05, 0) is 5.92 Å². The number of aliphatic hydroxyl groups excluding tert-OH is 1. The minimum Gasteiger partial charge on any atom is -0.400 e. The van der Waals surface area contributed by atoms with Crippen LogP contribution in [0.4, 0.5) is 0 Å². The first-order valence-electron chi connectivity index (χ1n) is 4.13. The average molecular weight is 191 g/mol. The molecule has 80 valence electrons. The second-order valence-corrected chi connectivity index (χ2v) is 2.84. The molecule has 0 aromatic rings. The zero-order valence-electron chi connectivity index (χ0n) is 9.13. The summed E-state index contributed by atoms with van der Waals surface area (Å²) in [5, 5.41) is 9.29. The molecule has 13 heavy (non-hydrogen) atoms. The fourth-order valence-electron chi connectivity index (χ4n) is 0.185. The first-order valence-corrected chi connectivity index (χ1v) is 4.13. The third-order valence-electron chi connectivity index (χ3n) is 0.434. The third kappa shape index (κ3) is 95.6. The highest BCUT2D eigenvalue weighted by molar-refractivity contribution is 5.75. The van der Waals surface area contributed by atoms with E-state index in [1.165, 1.54) is 6.92 Å². The van der Waals surface area contributed by atoms with Gasteiger partial charge in [-0.3, -0.25) is 4.79 Å². The molecule has 0 aliphatic carbocycles. The molecule has 0 heterocycles. The lowest BCUT2D eigenvalue weighted by atomic mass is 10.3. The molecule has 0 aromatic carbocycles. The first-order chi connectivity index (χ1) is 6.00. The fraction of sp³-hybridized carbons (Fsp3) is 0.778. The van der Waals surface area contributed by atoms with Crippen molar-refractivity contribution in [2.24, 2.45) is 5.92 Å². The zero-order chi connectivity index (χ0) is 11.3. The Kier molecular flexibility index (Phi) is 23.9. The highest BCUT2D eigenvalue weighted by Crippen LogP contribution is 1.81. The molecule has 0 fully saturated rings. The van der Waals surface area contributed by atoms with Crippen molar-refractivity contribution in [1.82, 2.24) is 5.32 Å². The van der Waals surface area contributed by atoms with Crippen molar-refractivity contribution >= 4 is 12.2 Å². The molecule has 0 unspecified atom stereocenters. The molecule has 2 N–H and O–H groups in total. The molecule has 0 saturated heterocycles. The van der Waals surface area contributed by atoms with Crippen LogP contribution in [0.15, 0.2) is 0 Å². The molecule has 0 bridgehead atoms. The van der Waals surface area contributed by atoms with E-state index in [0.717, 1.165) is 13.0 Å². The van der Waals surface area contributed by atoms with Crippen molar-refractivity contribution in [3.8, 4) is 0 Å². The lowest BCUT2D eigenvalue weighted by Crippen LogP contribution is -2.21. The molecule has 0 spiro atoms. The Morgan fingerprint density at radius 1 is 1.38 bits per heavy atom. The van der Waals surface area contributed by atoms with Crippen molar-refractivity contribution in [3.63, 3.8) is 0 Å². The Bertz CT molecular complexity index is 111. The maximum absolute atomic E-state index is 9.93. The summed E-state index contributed by atoms with van der Waals surface area (Å²) in [5.41, 5.74) is 0. The molecule has 0 aliphatic heterocycles. The van der Waals surface area contributed by atoms with Crippen LogP contribution in [0.5, 0.6) is 0 Å². The molecule has 0 rings (SSSR count). The Morgan fingerprint density at radius 3 is 1.77 bits per heavy atom. The van der Waals surface area contributed by atoms with Gasteiger partial charge in [0.2, 0.25) is 5.91 Å². The number of hydrogen-bond acceptors (Lipinski definition) is 3. The number of aldehydes is 1. The van der Waals surface area contributed by atoms with Gasteiger partial charge in [0.15, 0.2) is 0 Å². The summed E-state index contributed by atoms with van der Waals surface area (Å²) in [6, 6.07) is 0. The van der Waals surface area contributed by atoms with Crippen molar-refractivity contribution in [3.05, 3.63) is 0 Å². The second kappa shape index (κ2) is 17.3. The third-order valence-corrected chi connectivity index (χ3v) is 0.434. The van der Waals surface area contributed by atoms with Crippen LogP contribution in [-0.4, -0.2) is 31.0 Å². The largest absolute Gasteiger partial charge is 0.400 e. The Hall–Kier alpha value is -0.900. The molecule has 1 amide bonds. The van der Waals surface area contributed by atoms with Crippen LogP contribution in [-0.2, 0) is 9.59 Å². The minimum absolute atomic E-state index is 0.120. The molecule has 4 nitrogen and oxygen atoms in total. The van der Waals surface area contributed by atoms with E-state index in [9.17, 15) is 9.59 Å². The van der Waals surface area contributed by atoms with Crippen LogP contribution in [0.2, 0.25) is 0 Å². The highest BCUT2D eigenvalue weighted by Gasteiger charge is 1.83. The van der Waals surface area contributed by atoms with E-state index in [4.69, 9.17) is 5.11 Å². The van der Waals surface area contributed by atoms with Gasteiger partial charge in [-0.1, -0.05) is 20.8 Å². The predicted octanol–water partition coefficient (Wildman–Crippen LogP) is 0.592. The quantitative estimate of drug-likeness (QED) is 0.628. The van der Waals surface area contributed by atoms with Crippen LogP contribution >= 0.6 is 0 Å². The summed E-state index contributed by atoms with van der Waals surface area (Å²) < 4.78 is 0. The smallest absolute Gasteiger partial charge is 0.217 e. The topological polar surface area (TPSA) is 66.4 Å². The maximum Gasteiger partial charge on any atom is 0.217 e. The van der Waals surface area contributed by atoms with E-state index >= 15 is 0 Å². The van der Waals surface area contributed by atoms with Crippen molar-refractivity contribution in [2.45, 2.75) is 27.7 Å². The van der Waals surface area contributed by atoms with Gasteiger partial charge in [0.25, 0.3) is 0 Å². The van der Waals surface area contributed by atoms with Crippen molar-refractivity contribution in [2.75, 3.05) is 13.7 Å². The minimum atomic E-state index is -0.174. The lowest BCUT2D eigenvalue weighted by molar-refractivity contribution is -0.120. The SMILES string of the molecule is CC(=O)NCC=O.CC(C)C.CO. The highest BCUT2D eigenvalue weighted by atomic mass is 16.2. The average Bonchev–Trinajstić information content (AvgIpc) is 2.03. The molecule has 0 atom stereocenters. The summed E-state index contributed by atoms with van der Waals surface area (Å²) >= 11 is 0. The number of hydrogen-bond donors (Lipinski definition) is 2. The number of amides is 1. The summed E-state index contributed by atoms with van der Waals surface area (Å²) in [5.74, 6) is 0.659. The molecule has 0 saturated carbocycles. The zero-order valence-corrected chi connectivity index (χ0v) is 9.13. The van der Waals surface area contributed by atoms with Crippen molar-refractivity contribution in [1.29, 1.82) is 0 Å². The normalized spacial score (nSPS) is 7.31. The van der Waals surface area contributed by atoms with Gasteiger partial charge in [0.05, 0.1) is 6.54 Å². The van der Waals surface area contributed by atoms with Crippen molar-refractivity contribution < 1.29 is 14.7 Å². The van der Waals surface area contributed by atoms with Gasteiger partial charge in [-0.25, -0.2) is 0 Å². The number of carbonyl (C=O) groups is 2. The number of aliphatic hydroxyl groups is 1. The predicted molar refractivity (Wildman–Crippen MR) is 53.4 cm³/mol. The Labute approximate surface area is 80.3 Å². The van der Waals surface area contributed by atoms with E-state index < -0.39 is 0 Å². The van der Waals surface area contributed by atoms with Crippen LogP contribution in [0, 0.1) is 5.92 Å². The van der Waals surface area contributed by atoms with Gasteiger partial charge in [0.1, 0.15) is 6.29 Å². The van der Waals surface area contributed by atoms with Gasteiger partial charge in [0, 0.05) is 14.0 Å². The number of carbonyl (C=O) groups excluding carboxylic acids is 2. The monoisotopic (exact) mass is 191 g/mol. The molecule has 0 radical (unpaired) electrons. The molecule has 0 aromatic heterocycles. The molecular weight excluding hydrogens is 170 g/mol. The van der Waals surface area contributed by atoms with Crippen LogP contribution in [0.3, 0.4) is 0 Å². The second-order valence-electron chi connectivity index (χ2n) is 2.84. The summed E-state index contributed by atoms with van der Waals surface area (Å²) in [6.07, 6.45) is 0.640. The van der Waals surface area contributed by atoms with Crippen LogP contribution < -0.4 is 5.32 Å². The molecule has 4 heteroatoms. The van der Waals surface area contributed by atoms with Crippen LogP contribution in [0.25, 0.3) is 0 Å². The first kappa shape index (κ1) is 18.0. The van der Waals surface area contributed by atoms with Gasteiger partial charge < -0.3 is 15.2 Å². The van der Waals surface area contributed by atoms with E-state index in [1.54, 1.807) is 0 Å². The summed E-state index contributed by atoms with van der Waals surface area (Å²) in [4.78, 5) is 19.4. The fourth-order valence-corrected chi connectivity index (χ4v) is 0.185. The standard InChI is InChI=1S/C4H7NO2.C4H10.CH4O/c1-4(7)5-2-3-6;1-4(2)3;1-2/h3H,2H2,1H3,(H,5,7);4H,1-3H3;2H,1H3. The van der Waals surface area contributed by atoms with E-state index in [1.807, 2.05) is 0 Å².